The number of carbonyl (C=O) groups is 2. The topological polar surface area (TPSA) is 92.5 Å². The summed E-state index contributed by atoms with van der Waals surface area (Å²) in [7, 11) is 0. The second-order valence-corrected chi connectivity index (χ2v) is 4.92. The van der Waals surface area contributed by atoms with E-state index in [2.05, 4.69) is 4.98 Å². The summed E-state index contributed by atoms with van der Waals surface area (Å²) in [6.07, 6.45) is 0.927. The van der Waals surface area contributed by atoms with Gasteiger partial charge in [-0.15, -0.1) is 0 Å². The van der Waals surface area contributed by atoms with Crippen LogP contribution in [0.15, 0.2) is 48.7 Å². The summed E-state index contributed by atoms with van der Waals surface area (Å²) in [5.74, 6) is -1.30. The highest BCUT2D eigenvalue weighted by molar-refractivity contribution is 6.02. The number of benzene rings is 1. The number of rotatable bonds is 7. The molecule has 0 aliphatic heterocycles. The Morgan fingerprint density at radius 2 is 1.96 bits per heavy atom. The van der Waals surface area contributed by atoms with Gasteiger partial charge in [0.05, 0.1) is 12.2 Å². The minimum atomic E-state index is -0.671. The van der Waals surface area contributed by atoms with Gasteiger partial charge >= 0.3 is 5.97 Å². The van der Waals surface area contributed by atoms with Gasteiger partial charge in [0.15, 0.2) is 5.82 Å². The standard InChI is InChI=1S/C18H17N3O4/c1-2-24-17(23)11-16(22)21(18-15(12-19)9-6-10-20-18)25-13-14-7-4-3-5-8-14/h3-10H,2,11,13H2,1H3. The first kappa shape index (κ1) is 18.1. The Hall–Kier alpha value is -3.24. The molecule has 7 heteroatoms. The van der Waals surface area contributed by atoms with Crippen molar-refractivity contribution in [3.63, 3.8) is 0 Å². The Labute approximate surface area is 145 Å². The van der Waals surface area contributed by atoms with Gasteiger partial charge in [0.1, 0.15) is 19.1 Å². The van der Waals surface area contributed by atoms with Crippen molar-refractivity contribution >= 4 is 17.7 Å². The molecule has 0 aliphatic carbocycles. The number of anilines is 1. The number of aromatic nitrogens is 1. The lowest BCUT2D eigenvalue weighted by atomic mass is 10.2. The molecule has 0 N–H and O–H groups in total. The van der Waals surface area contributed by atoms with Crippen molar-refractivity contribution in [2.75, 3.05) is 11.7 Å². The molecule has 7 nitrogen and oxygen atoms in total. The maximum atomic E-state index is 12.5. The molecule has 0 fully saturated rings. The summed E-state index contributed by atoms with van der Waals surface area (Å²) in [5, 5.41) is 10.1. The van der Waals surface area contributed by atoms with Crippen molar-refractivity contribution in [1.82, 2.24) is 4.98 Å². The van der Waals surface area contributed by atoms with E-state index in [-0.39, 0.29) is 24.6 Å². The van der Waals surface area contributed by atoms with Crippen LogP contribution in [-0.4, -0.2) is 23.5 Å². The Morgan fingerprint density at radius 1 is 1.20 bits per heavy atom. The molecule has 0 saturated heterocycles. The Bertz CT molecular complexity index is 771. The molecular weight excluding hydrogens is 322 g/mol. The Kier molecular flexibility index (Phi) is 6.63. The lowest BCUT2D eigenvalue weighted by Crippen LogP contribution is -2.34. The molecule has 1 aromatic carbocycles. The average Bonchev–Trinajstić information content (AvgIpc) is 2.63. The zero-order valence-electron chi connectivity index (χ0n) is 13.7. The third-order valence-corrected chi connectivity index (χ3v) is 3.13. The van der Waals surface area contributed by atoms with E-state index in [1.165, 1.54) is 12.3 Å². The molecular formula is C18H17N3O4. The molecule has 2 rings (SSSR count). The van der Waals surface area contributed by atoms with Crippen LogP contribution < -0.4 is 5.06 Å². The van der Waals surface area contributed by atoms with E-state index in [4.69, 9.17) is 9.57 Å². The minimum absolute atomic E-state index is 0.0372. The first-order valence-corrected chi connectivity index (χ1v) is 7.66. The van der Waals surface area contributed by atoms with Gasteiger partial charge < -0.3 is 4.74 Å². The summed E-state index contributed by atoms with van der Waals surface area (Å²) < 4.78 is 4.79. The number of hydrogen-bond donors (Lipinski definition) is 0. The predicted octanol–water partition coefficient (Wildman–Crippen LogP) is 2.37. The van der Waals surface area contributed by atoms with Crippen LogP contribution in [-0.2, 0) is 25.8 Å². The van der Waals surface area contributed by atoms with Crippen molar-refractivity contribution in [2.24, 2.45) is 0 Å². The number of pyridine rings is 1. The van der Waals surface area contributed by atoms with E-state index in [9.17, 15) is 14.9 Å². The highest BCUT2D eigenvalue weighted by Gasteiger charge is 2.24. The summed E-state index contributed by atoms with van der Waals surface area (Å²) in [6.45, 7) is 1.90. The van der Waals surface area contributed by atoms with Gasteiger partial charge in [-0.25, -0.2) is 4.98 Å². The van der Waals surface area contributed by atoms with Crippen molar-refractivity contribution in [3.05, 3.63) is 59.8 Å². The monoisotopic (exact) mass is 339 g/mol. The SMILES string of the molecule is CCOC(=O)CC(=O)N(OCc1ccccc1)c1ncccc1C#N. The van der Waals surface area contributed by atoms with E-state index < -0.39 is 18.3 Å². The minimum Gasteiger partial charge on any atom is -0.466 e. The smallest absolute Gasteiger partial charge is 0.315 e. The van der Waals surface area contributed by atoms with Gasteiger partial charge in [-0.1, -0.05) is 30.3 Å². The number of hydrogen-bond acceptors (Lipinski definition) is 6. The van der Waals surface area contributed by atoms with Gasteiger partial charge in [0, 0.05) is 6.20 Å². The van der Waals surface area contributed by atoms with Crippen LogP contribution >= 0.6 is 0 Å². The van der Waals surface area contributed by atoms with Crippen LogP contribution in [0.25, 0.3) is 0 Å². The molecule has 1 heterocycles. The second kappa shape index (κ2) is 9.15. The van der Waals surface area contributed by atoms with Crippen LogP contribution in [0.5, 0.6) is 0 Å². The van der Waals surface area contributed by atoms with Gasteiger partial charge in [-0.3, -0.25) is 14.4 Å². The summed E-state index contributed by atoms with van der Waals surface area (Å²) in [4.78, 5) is 33.7. The molecule has 0 aliphatic rings. The summed E-state index contributed by atoms with van der Waals surface area (Å²) in [6, 6.07) is 14.2. The van der Waals surface area contributed by atoms with Crippen LogP contribution in [0.4, 0.5) is 5.82 Å². The molecule has 25 heavy (non-hydrogen) atoms. The molecule has 2 aromatic rings. The van der Waals surface area contributed by atoms with E-state index >= 15 is 0 Å². The van der Waals surface area contributed by atoms with Crippen LogP contribution in [0.2, 0.25) is 0 Å². The van der Waals surface area contributed by atoms with Gasteiger partial charge in [-0.05, 0) is 24.6 Å². The van der Waals surface area contributed by atoms with Crippen molar-refractivity contribution < 1.29 is 19.2 Å². The fourth-order valence-corrected chi connectivity index (χ4v) is 2.02. The number of amides is 1. The third kappa shape index (κ3) is 5.12. The zero-order valence-corrected chi connectivity index (χ0v) is 13.7. The maximum Gasteiger partial charge on any atom is 0.315 e. The van der Waals surface area contributed by atoms with E-state index in [1.807, 2.05) is 36.4 Å². The first-order chi connectivity index (χ1) is 12.2. The van der Waals surface area contributed by atoms with E-state index in [1.54, 1.807) is 13.0 Å². The Balaban J connectivity index is 2.23. The molecule has 0 radical (unpaired) electrons. The molecule has 0 atom stereocenters. The average molecular weight is 339 g/mol. The molecule has 128 valence electrons. The maximum absolute atomic E-state index is 12.5. The third-order valence-electron chi connectivity index (χ3n) is 3.13. The highest BCUT2D eigenvalue weighted by Crippen LogP contribution is 2.19. The molecule has 1 amide bonds. The lowest BCUT2D eigenvalue weighted by Gasteiger charge is -2.21. The van der Waals surface area contributed by atoms with E-state index in [0.29, 0.717) is 0 Å². The fraction of sp³-hybridized carbons (Fsp3) is 0.222. The van der Waals surface area contributed by atoms with E-state index in [0.717, 1.165) is 10.6 Å². The van der Waals surface area contributed by atoms with Crippen LogP contribution in [0, 0.1) is 11.3 Å². The molecule has 0 spiro atoms. The predicted molar refractivity (Wildman–Crippen MR) is 88.9 cm³/mol. The summed E-state index contributed by atoms with van der Waals surface area (Å²) in [5.41, 5.74) is 0.985. The van der Waals surface area contributed by atoms with Crippen LogP contribution in [0.1, 0.15) is 24.5 Å². The zero-order chi connectivity index (χ0) is 18.1. The van der Waals surface area contributed by atoms with Gasteiger partial charge in [-0.2, -0.15) is 10.3 Å². The highest BCUT2D eigenvalue weighted by atomic mass is 16.7. The first-order valence-electron chi connectivity index (χ1n) is 7.66. The summed E-state index contributed by atoms with van der Waals surface area (Å²) >= 11 is 0. The fourth-order valence-electron chi connectivity index (χ4n) is 2.02. The van der Waals surface area contributed by atoms with Crippen LogP contribution in [0.3, 0.4) is 0 Å². The van der Waals surface area contributed by atoms with Gasteiger partial charge in [0.2, 0.25) is 0 Å². The number of nitrogens with zero attached hydrogens (tertiary/aromatic N) is 3. The number of hydroxylamine groups is 1. The number of esters is 1. The normalized spacial score (nSPS) is 9.92. The number of ether oxygens (including phenoxy) is 1. The second-order valence-electron chi connectivity index (χ2n) is 4.92. The van der Waals surface area contributed by atoms with Crippen molar-refractivity contribution in [2.45, 2.75) is 20.0 Å². The largest absolute Gasteiger partial charge is 0.466 e. The molecule has 0 unspecified atom stereocenters. The molecule has 0 bridgehead atoms. The molecule has 1 aromatic heterocycles. The van der Waals surface area contributed by atoms with Crippen molar-refractivity contribution in [1.29, 1.82) is 5.26 Å². The molecule has 0 saturated carbocycles. The number of carbonyl (C=O) groups excluding carboxylic acids is 2. The van der Waals surface area contributed by atoms with Crippen molar-refractivity contribution in [3.8, 4) is 6.07 Å². The van der Waals surface area contributed by atoms with Gasteiger partial charge in [0.25, 0.3) is 5.91 Å². The quantitative estimate of drug-likeness (QED) is 0.437. The Morgan fingerprint density at radius 3 is 2.64 bits per heavy atom. The lowest BCUT2D eigenvalue weighted by molar-refractivity contribution is -0.147. The number of nitriles is 1.